The Kier molecular flexibility index (Phi) is 5.47. The van der Waals surface area contributed by atoms with Gasteiger partial charge in [-0.2, -0.15) is 0 Å². The van der Waals surface area contributed by atoms with E-state index in [2.05, 4.69) is 101 Å². The van der Waals surface area contributed by atoms with Crippen molar-refractivity contribution in [1.29, 1.82) is 0 Å². The molecule has 0 N–H and O–H groups in total. The Morgan fingerprint density at radius 3 is 1.62 bits per heavy atom. The molecule has 5 rings (SSSR count). The third kappa shape index (κ3) is 4.01. The topological polar surface area (TPSA) is 6.48 Å². The lowest BCUT2D eigenvalue weighted by atomic mass is 9.87. The average Bonchev–Trinajstić information content (AvgIpc) is 2.78. The summed E-state index contributed by atoms with van der Waals surface area (Å²) in [7, 11) is 0. The van der Waals surface area contributed by atoms with Gasteiger partial charge in [0.15, 0.2) is 0 Å². The van der Waals surface area contributed by atoms with Crippen molar-refractivity contribution in [3.63, 3.8) is 0 Å². The third-order valence-electron chi connectivity index (χ3n) is 6.80. The van der Waals surface area contributed by atoms with Gasteiger partial charge in [0.2, 0.25) is 0 Å². The van der Waals surface area contributed by atoms with Gasteiger partial charge >= 0.3 is 0 Å². The second-order valence-electron chi connectivity index (χ2n) is 8.55. The molecule has 2 aliphatic heterocycles. The first-order chi connectivity index (χ1) is 14.4. The molecule has 0 aromatic heterocycles. The van der Waals surface area contributed by atoms with Gasteiger partial charge in [-0.05, 0) is 48.5 Å². The molecule has 29 heavy (non-hydrogen) atoms. The molecule has 0 saturated carbocycles. The summed E-state index contributed by atoms with van der Waals surface area (Å²) < 4.78 is 0. The monoisotopic (exact) mass is 382 g/mol. The number of hydrogen-bond acceptors (Lipinski definition) is 2. The van der Waals surface area contributed by atoms with E-state index >= 15 is 0 Å². The van der Waals surface area contributed by atoms with E-state index in [0.29, 0.717) is 12.1 Å². The second kappa shape index (κ2) is 8.52. The van der Waals surface area contributed by atoms with E-state index in [9.17, 15) is 0 Å². The molecule has 2 heterocycles. The van der Waals surface area contributed by atoms with Gasteiger partial charge in [0.25, 0.3) is 0 Å². The van der Waals surface area contributed by atoms with Crippen molar-refractivity contribution in [3.8, 4) is 0 Å². The number of hydrogen-bond donors (Lipinski definition) is 0. The molecule has 2 fully saturated rings. The van der Waals surface area contributed by atoms with Crippen LogP contribution in [0, 0.1) is 0 Å². The second-order valence-corrected chi connectivity index (χ2v) is 8.55. The zero-order valence-electron chi connectivity index (χ0n) is 17.0. The molecule has 0 amide bonds. The van der Waals surface area contributed by atoms with Gasteiger partial charge < -0.3 is 0 Å². The molecular weight excluding hydrogens is 352 g/mol. The van der Waals surface area contributed by atoms with Gasteiger partial charge in [-0.1, -0.05) is 91.0 Å². The average molecular weight is 383 g/mol. The van der Waals surface area contributed by atoms with Crippen LogP contribution >= 0.6 is 0 Å². The van der Waals surface area contributed by atoms with Crippen LogP contribution in [0.5, 0.6) is 0 Å². The molecule has 0 spiro atoms. The summed E-state index contributed by atoms with van der Waals surface area (Å²) in [4.78, 5) is 5.39. The Morgan fingerprint density at radius 2 is 1.10 bits per heavy atom. The van der Waals surface area contributed by atoms with Crippen molar-refractivity contribution in [2.75, 3.05) is 26.2 Å². The Morgan fingerprint density at radius 1 is 0.621 bits per heavy atom. The molecule has 2 heteroatoms. The van der Waals surface area contributed by atoms with Crippen molar-refractivity contribution in [3.05, 3.63) is 108 Å². The minimum atomic E-state index is 0.371. The SMILES string of the molecule is c1ccc(C2CCN(C3CN(C(c4ccccc4)c4ccccc4)C3)CC2)cc1. The van der Waals surface area contributed by atoms with Crippen LogP contribution in [-0.4, -0.2) is 42.0 Å². The fourth-order valence-electron chi connectivity index (χ4n) is 5.14. The quantitative estimate of drug-likeness (QED) is 0.588. The molecule has 2 saturated heterocycles. The largest absolute Gasteiger partial charge is 0.298 e. The van der Waals surface area contributed by atoms with Gasteiger partial charge in [0.05, 0.1) is 6.04 Å². The number of rotatable bonds is 5. The molecule has 3 aromatic carbocycles. The van der Waals surface area contributed by atoms with E-state index in [4.69, 9.17) is 0 Å². The van der Waals surface area contributed by atoms with Crippen molar-refractivity contribution in [2.45, 2.75) is 30.8 Å². The standard InChI is InChI=1S/C27H30N2/c1-4-10-22(11-5-1)23-16-18-28(19-17-23)26-20-29(21-26)27(24-12-6-2-7-13-24)25-14-8-3-9-15-25/h1-15,23,26-27H,16-21H2. The van der Waals surface area contributed by atoms with E-state index in [-0.39, 0.29) is 0 Å². The lowest BCUT2D eigenvalue weighted by Crippen LogP contribution is -2.61. The van der Waals surface area contributed by atoms with Crippen LogP contribution in [0.3, 0.4) is 0 Å². The molecule has 2 nitrogen and oxygen atoms in total. The maximum Gasteiger partial charge on any atom is 0.0602 e. The summed E-state index contributed by atoms with van der Waals surface area (Å²) in [5.41, 5.74) is 4.33. The highest BCUT2D eigenvalue weighted by Crippen LogP contribution is 2.35. The van der Waals surface area contributed by atoms with Crippen LogP contribution in [0.15, 0.2) is 91.0 Å². The van der Waals surface area contributed by atoms with E-state index in [1.165, 1.54) is 55.7 Å². The lowest BCUT2D eigenvalue weighted by Gasteiger charge is -2.50. The van der Waals surface area contributed by atoms with Crippen LogP contribution in [-0.2, 0) is 0 Å². The first-order valence-electron chi connectivity index (χ1n) is 11.0. The first kappa shape index (κ1) is 18.6. The molecule has 0 aliphatic carbocycles. The predicted octanol–water partition coefficient (Wildman–Crippen LogP) is 5.34. The zero-order valence-corrected chi connectivity index (χ0v) is 17.0. The van der Waals surface area contributed by atoms with Crippen LogP contribution in [0.25, 0.3) is 0 Å². The molecule has 0 radical (unpaired) electrons. The third-order valence-corrected chi connectivity index (χ3v) is 6.80. The first-order valence-corrected chi connectivity index (χ1v) is 11.0. The Hall–Kier alpha value is -2.42. The van der Waals surface area contributed by atoms with E-state index < -0.39 is 0 Å². The van der Waals surface area contributed by atoms with Gasteiger partial charge in [-0.25, -0.2) is 0 Å². The van der Waals surface area contributed by atoms with Crippen molar-refractivity contribution in [2.24, 2.45) is 0 Å². The van der Waals surface area contributed by atoms with E-state index in [1.807, 2.05) is 0 Å². The van der Waals surface area contributed by atoms with Crippen molar-refractivity contribution in [1.82, 2.24) is 9.80 Å². The highest BCUT2D eigenvalue weighted by Gasteiger charge is 2.38. The fourth-order valence-corrected chi connectivity index (χ4v) is 5.14. The summed E-state index contributed by atoms with van der Waals surface area (Å²) in [5.74, 6) is 0.741. The molecule has 2 aliphatic rings. The molecule has 3 aromatic rings. The Bertz CT molecular complexity index is 840. The lowest BCUT2D eigenvalue weighted by molar-refractivity contribution is 0.00281. The van der Waals surface area contributed by atoms with Crippen LogP contribution in [0.1, 0.15) is 41.5 Å². The molecular formula is C27H30N2. The zero-order chi connectivity index (χ0) is 19.5. The smallest absolute Gasteiger partial charge is 0.0602 e. The van der Waals surface area contributed by atoms with E-state index in [1.54, 1.807) is 0 Å². The highest BCUT2D eigenvalue weighted by molar-refractivity contribution is 5.32. The maximum atomic E-state index is 2.74. The Labute approximate surface area is 174 Å². The minimum Gasteiger partial charge on any atom is -0.298 e. The summed E-state index contributed by atoms with van der Waals surface area (Å²) >= 11 is 0. The van der Waals surface area contributed by atoms with Crippen molar-refractivity contribution >= 4 is 0 Å². The minimum absolute atomic E-state index is 0.371. The van der Waals surface area contributed by atoms with Crippen LogP contribution < -0.4 is 0 Å². The molecule has 0 bridgehead atoms. The summed E-state index contributed by atoms with van der Waals surface area (Å²) in [6.45, 7) is 4.81. The highest BCUT2D eigenvalue weighted by atomic mass is 15.3. The predicted molar refractivity (Wildman–Crippen MR) is 120 cm³/mol. The van der Waals surface area contributed by atoms with Crippen LogP contribution in [0.4, 0.5) is 0 Å². The van der Waals surface area contributed by atoms with Crippen molar-refractivity contribution < 1.29 is 0 Å². The molecule has 148 valence electrons. The van der Waals surface area contributed by atoms with Crippen LogP contribution in [0.2, 0.25) is 0 Å². The van der Waals surface area contributed by atoms with Gasteiger partial charge in [0.1, 0.15) is 0 Å². The number of nitrogens with zero attached hydrogens (tertiary/aromatic N) is 2. The van der Waals surface area contributed by atoms with Gasteiger partial charge in [-0.3, -0.25) is 9.80 Å². The normalized spacial score (nSPS) is 19.3. The Balaban J connectivity index is 1.23. The number of likely N-dealkylation sites (tertiary alicyclic amines) is 2. The summed E-state index contributed by atoms with van der Waals surface area (Å²) in [6.07, 6.45) is 2.59. The van der Waals surface area contributed by atoms with E-state index in [0.717, 1.165) is 5.92 Å². The molecule has 0 atom stereocenters. The summed E-state index contributed by atoms with van der Waals surface area (Å²) in [6, 6.07) is 34.1. The molecule has 0 unspecified atom stereocenters. The summed E-state index contributed by atoms with van der Waals surface area (Å²) in [5, 5.41) is 0. The van der Waals surface area contributed by atoms with Gasteiger partial charge in [0, 0.05) is 19.1 Å². The fraction of sp³-hybridized carbons (Fsp3) is 0.333. The maximum absolute atomic E-state index is 2.74. The number of piperidine rings is 1. The number of benzene rings is 3. The van der Waals surface area contributed by atoms with Gasteiger partial charge in [-0.15, -0.1) is 0 Å².